The summed E-state index contributed by atoms with van der Waals surface area (Å²) < 4.78 is 4.11. The van der Waals surface area contributed by atoms with Gasteiger partial charge in [0.15, 0.2) is 5.00 Å². The number of amides is 1. The predicted octanol–water partition coefficient (Wildman–Crippen LogP) is 4.35. The van der Waals surface area contributed by atoms with Gasteiger partial charge in [-0.05, 0) is 31.4 Å². The van der Waals surface area contributed by atoms with Crippen molar-refractivity contribution in [1.29, 1.82) is 5.26 Å². The maximum Gasteiger partial charge on any atom is 0.255 e. The molecule has 2 aromatic carbocycles. The number of hydrogen-bond acceptors (Lipinski definition) is 7. The van der Waals surface area contributed by atoms with E-state index in [9.17, 15) is 15.2 Å². The van der Waals surface area contributed by atoms with Crippen LogP contribution in [0.25, 0.3) is 10.8 Å². The van der Waals surface area contributed by atoms with Crippen molar-refractivity contribution in [3.05, 3.63) is 47.2 Å². The second-order valence-corrected chi connectivity index (χ2v) is 6.21. The van der Waals surface area contributed by atoms with Gasteiger partial charge in [-0.1, -0.05) is 24.3 Å². The van der Waals surface area contributed by atoms with E-state index in [1.165, 1.54) is 6.07 Å². The van der Waals surface area contributed by atoms with Crippen LogP contribution in [0.2, 0.25) is 0 Å². The number of aromatic nitrogens is 1. The number of nitrogens with one attached hydrogen (secondary N) is 1. The van der Waals surface area contributed by atoms with E-state index < -0.39 is 5.91 Å². The number of benzene rings is 2. The molecule has 0 aliphatic heterocycles. The highest BCUT2D eigenvalue weighted by Gasteiger charge is 2.17. The minimum Gasteiger partial charge on any atom is -0.506 e. The van der Waals surface area contributed by atoms with E-state index >= 15 is 0 Å². The van der Waals surface area contributed by atoms with Crippen LogP contribution >= 0.6 is 11.5 Å². The number of rotatable bonds is 4. The van der Waals surface area contributed by atoms with E-state index in [1.54, 1.807) is 32.0 Å². The van der Waals surface area contributed by atoms with Gasteiger partial charge in [-0.3, -0.25) is 4.79 Å². The monoisotopic (exact) mass is 365 g/mol. The van der Waals surface area contributed by atoms with Crippen molar-refractivity contribution in [2.75, 3.05) is 6.54 Å². The fourth-order valence-electron chi connectivity index (χ4n) is 2.51. The first-order chi connectivity index (χ1) is 12.6. The van der Waals surface area contributed by atoms with Crippen LogP contribution in [0.1, 0.15) is 28.5 Å². The highest BCUT2D eigenvalue weighted by atomic mass is 32.1. The smallest absolute Gasteiger partial charge is 0.255 e. The van der Waals surface area contributed by atoms with Crippen molar-refractivity contribution >= 4 is 38.9 Å². The number of phenolic OH excluding ortho intramolecular Hbond substituents is 1. The van der Waals surface area contributed by atoms with Gasteiger partial charge in [0, 0.05) is 17.3 Å². The quantitative estimate of drug-likeness (QED) is 0.670. The molecule has 1 amide bonds. The number of hydrogen-bond donors (Lipinski definition) is 2. The largest absolute Gasteiger partial charge is 0.506 e. The molecule has 0 aliphatic carbocycles. The summed E-state index contributed by atoms with van der Waals surface area (Å²) in [6, 6.07) is 10.6. The van der Waals surface area contributed by atoms with Gasteiger partial charge >= 0.3 is 0 Å². The van der Waals surface area contributed by atoms with Crippen molar-refractivity contribution in [3.63, 3.8) is 0 Å². The zero-order chi connectivity index (χ0) is 18.7. The first-order valence-corrected chi connectivity index (χ1v) is 8.65. The molecule has 8 heteroatoms. The van der Waals surface area contributed by atoms with E-state index in [-0.39, 0.29) is 11.3 Å². The normalized spacial score (nSPS) is 11.0. The average molecular weight is 365 g/mol. The van der Waals surface area contributed by atoms with Gasteiger partial charge in [0.05, 0.1) is 16.9 Å². The van der Waals surface area contributed by atoms with Gasteiger partial charge < -0.3 is 10.4 Å². The van der Waals surface area contributed by atoms with Gasteiger partial charge in [-0.15, -0.1) is 10.2 Å². The van der Waals surface area contributed by atoms with Gasteiger partial charge in [0.1, 0.15) is 17.4 Å². The van der Waals surface area contributed by atoms with Crippen molar-refractivity contribution in [1.82, 2.24) is 9.69 Å². The van der Waals surface area contributed by atoms with Gasteiger partial charge in [-0.2, -0.15) is 9.64 Å². The molecule has 0 fully saturated rings. The summed E-state index contributed by atoms with van der Waals surface area (Å²) >= 11 is 1.09. The molecule has 7 nitrogen and oxygen atoms in total. The van der Waals surface area contributed by atoms with E-state index in [1.807, 2.05) is 6.07 Å². The summed E-state index contributed by atoms with van der Waals surface area (Å²) in [7, 11) is 0. The fraction of sp³-hybridized carbons (Fsp3) is 0.167. The van der Waals surface area contributed by atoms with Crippen LogP contribution in [-0.4, -0.2) is 21.9 Å². The Labute approximate surface area is 153 Å². The first kappa shape index (κ1) is 17.5. The number of aryl methyl sites for hydroxylation is 1. The predicted molar refractivity (Wildman–Crippen MR) is 99.4 cm³/mol. The number of carbonyl (C=O) groups excluding carboxylic acids is 1. The van der Waals surface area contributed by atoms with E-state index in [0.29, 0.717) is 39.3 Å². The van der Waals surface area contributed by atoms with Crippen LogP contribution < -0.4 is 5.32 Å². The molecule has 1 aromatic heterocycles. The number of aromatic hydroxyl groups is 1. The topological polar surface area (TPSA) is 111 Å². The van der Waals surface area contributed by atoms with Crippen LogP contribution in [-0.2, 0) is 0 Å². The number of fused-ring (bicyclic) bond motifs is 1. The van der Waals surface area contributed by atoms with Crippen LogP contribution in [0.5, 0.6) is 5.75 Å². The Bertz CT molecular complexity index is 1070. The van der Waals surface area contributed by atoms with Gasteiger partial charge in [0.2, 0.25) is 0 Å². The third kappa shape index (κ3) is 3.12. The Morgan fingerprint density at radius 2 is 2.08 bits per heavy atom. The Kier molecular flexibility index (Phi) is 4.91. The summed E-state index contributed by atoms with van der Waals surface area (Å²) in [5.41, 5.74) is 1.53. The Morgan fingerprint density at radius 3 is 2.77 bits per heavy atom. The number of carbonyl (C=O) groups is 1. The van der Waals surface area contributed by atoms with Gasteiger partial charge in [0.25, 0.3) is 5.91 Å². The molecular formula is C18H15N5O2S. The number of nitriles is 1. The van der Waals surface area contributed by atoms with Crippen LogP contribution in [0.4, 0.5) is 10.7 Å². The molecule has 0 spiro atoms. The minimum atomic E-state index is -0.390. The molecule has 0 atom stereocenters. The van der Waals surface area contributed by atoms with Crippen LogP contribution in [0.15, 0.2) is 40.6 Å². The third-order valence-electron chi connectivity index (χ3n) is 3.78. The molecule has 0 bridgehead atoms. The lowest BCUT2D eigenvalue weighted by Crippen LogP contribution is -2.22. The molecule has 0 radical (unpaired) electrons. The van der Waals surface area contributed by atoms with E-state index in [4.69, 9.17) is 0 Å². The molecule has 130 valence electrons. The van der Waals surface area contributed by atoms with Crippen molar-refractivity contribution < 1.29 is 9.90 Å². The minimum absolute atomic E-state index is 0.100. The summed E-state index contributed by atoms with van der Waals surface area (Å²) in [4.78, 5) is 12.2. The van der Waals surface area contributed by atoms with E-state index in [2.05, 4.69) is 26.0 Å². The lowest BCUT2D eigenvalue weighted by atomic mass is 10.0. The standard InChI is InChI=1S/C18H15N5O2S/c1-3-20-17(25)13-8-15(11-6-4-5-7-12(11)16(13)24)21-22-18-14(9-19)10(2)23-26-18/h4-8,24H,3H2,1-2H3,(H,20,25). The maximum absolute atomic E-state index is 12.2. The molecule has 0 saturated heterocycles. The molecule has 26 heavy (non-hydrogen) atoms. The SMILES string of the molecule is CCNC(=O)c1cc(N=Nc2snc(C)c2C#N)c2ccccc2c1O. The second kappa shape index (κ2) is 7.29. The van der Waals surface area contributed by atoms with Crippen molar-refractivity contribution in [2.24, 2.45) is 10.2 Å². The molecular weight excluding hydrogens is 350 g/mol. The highest BCUT2D eigenvalue weighted by Crippen LogP contribution is 2.37. The zero-order valence-electron chi connectivity index (χ0n) is 14.1. The molecule has 2 N–H and O–H groups in total. The van der Waals surface area contributed by atoms with Crippen molar-refractivity contribution in [3.8, 4) is 11.8 Å². The average Bonchev–Trinajstić information content (AvgIpc) is 3.01. The number of nitrogens with zero attached hydrogens (tertiary/aromatic N) is 4. The van der Waals surface area contributed by atoms with Crippen LogP contribution in [0.3, 0.4) is 0 Å². The highest BCUT2D eigenvalue weighted by molar-refractivity contribution is 7.10. The Hall–Kier alpha value is -3.31. The lowest BCUT2D eigenvalue weighted by molar-refractivity contribution is 0.0953. The zero-order valence-corrected chi connectivity index (χ0v) is 15.0. The summed E-state index contributed by atoms with van der Waals surface area (Å²) in [6.45, 7) is 3.97. The number of azo groups is 1. The first-order valence-electron chi connectivity index (χ1n) is 7.87. The second-order valence-electron chi connectivity index (χ2n) is 5.46. The number of phenols is 1. The molecule has 0 unspecified atom stereocenters. The summed E-state index contributed by atoms with van der Waals surface area (Å²) in [6.07, 6.45) is 0. The molecule has 0 saturated carbocycles. The Morgan fingerprint density at radius 1 is 1.35 bits per heavy atom. The third-order valence-corrected chi connectivity index (χ3v) is 4.61. The molecule has 0 aliphatic rings. The molecule has 3 aromatic rings. The summed E-state index contributed by atoms with van der Waals surface area (Å²) in [5, 5.41) is 32.3. The molecule has 3 rings (SSSR count). The van der Waals surface area contributed by atoms with Crippen LogP contribution in [0, 0.1) is 18.3 Å². The lowest BCUT2D eigenvalue weighted by Gasteiger charge is -2.10. The fourth-order valence-corrected chi connectivity index (χ4v) is 3.18. The van der Waals surface area contributed by atoms with Crippen molar-refractivity contribution in [2.45, 2.75) is 13.8 Å². The van der Waals surface area contributed by atoms with E-state index in [0.717, 1.165) is 11.5 Å². The summed E-state index contributed by atoms with van der Waals surface area (Å²) in [5.74, 6) is -0.490. The molecule has 1 heterocycles. The van der Waals surface area contributed by atoms with Gasteiger partial charge in [-0.25, -0.2) is 0 Å². The Balaban J connectivity index is 2.15. The maximum atomic E-state index is 12.2.